The van der Waals surface area contributed by atoms with Crippen LogP contribution in [0.2, 0.25) is 0 Å². The molecule has 1 aliphatic rings. The Kier molecular flexibility index (Phi) is 2.60. The number of nitrogens with one attached hydrogen (secondary N) is 3. The molecule has 17 heavy (non-hydrogen) atoms. The predicted octanol–water partition coefficient (Wildman–Crippen LogP) is 1.35. The molecule has 2 aromatic rings. The Bertz CT molecular complexity index is 518. The van der Waals surface area contributed by atoms with Crippen LogP contribution in [0.4, 0.5) is 5.69 Å². The van der Waals surface area contributed by atoms with Gasteiger partial charge < -0.3 is 20.4 Å². The topological polar surface area (TPSA) is 62.0 Å². The van der Waals surface area contributed by atoms with Gasteiger partial charge in [0.25, 0.3) is 0 Å². The average Bonchev–Trinajstić information content (AvgIpc) is 2.72. The Hall–Kier alpha value is -1.75. The maximum atomic E-state index is 5.75. The monoisotopic (exact) mass is 232 g/mol. The summed E-state index contributed by atoms with van der Waals surface area (Å²) in [7, 11) is 1.88. The van der Waals surface area contributed by atoms with Gasteiger partial charge in [0.2, 0.25) is 5.88 Å². The third-order valence-electron chi connectivity index (χ3n) is 3.12. The third kappa shape index (κ3) is 1.93. The van der Waals surface area contributed by atoms with Crippen LogP contribution >= 0.6 is 0 Å². The van der Waals surface area contributed by atoms with Crippen LogP contribution in [0.1, 0.15) is 6.42 Å². The number of fused-ring (bicyclic) bond motifs is 1. The van der Waals surface area contributed by atoms with Crippen LogP contribution in [0.5, 0.6) is 5.88 Å². The highest BCUT2D eigenvalue weighted by molar-refractivity contribution is 5.81. The molecule has 3 rings (SSSR count). The van der Waals surface area contributed by atoms with E-state index in [-0.39, 0.29) is 0 Å². The molecule has 0 aliphatic carbocycles. The molecule has 0 aromatic carbocycles. The Morgan fingerprint density at radius 3 is 3.18 bits per heavy atom. The molecule has 0 amide bonds. The van der Waals surface area contributed by atoms with E-state index in [4.69, 9.17) is 4.74 Å². The van der Waals surface area contributed by atoms with E-state index in [1.807, 2.05) is 25.4 Å². The van der Waals surface area contributed by atoms with Crippen molar-refractivity contribution in [2.24, 2.45) is 0 Å². The molecule has 1 aliphatic heterocycles. The van der Waals surface area contributed by atoms with Crippen molar-refractivity contribution in [2.45, 2.75) is 12.5 Å². The van der Waals surface area contributed by atoms with Crippen molar-refractivity contribution < 1.29 is 4.74 Å². The fourth-order valence-electron chi connectivity index (χ4n) is 1.92. The summed E-state index contributed by atoms with van der Waals surface area (Å²) < 4.78 is 5.75. The minimum absolute atomic E-state index is 0.473. The second-order valence-electron chi connectivity index (χ2n) is 4.26. The quantitative estimate of drug-likeness (QED) is 0.744. The van der Waals surface area contributed by atoms with Gasteiger partial charge >= 0.3 is 0 Å². The summed E-state index contributed by atoms with van der Waals surface area (Å²) >= 11 is 0. The average molecular weight is 232 g/mol. The van der Waals surface area contributed by atoms with E-state index in [0.29, 0.717) is 18.5 Å². The van der Waals surface area contributed by atoms with Crippen LogP contribution in [0.15, 0.2) is 18.3 Å². The molecular weight excluding hydrogens is 216 g/mol. The van der Waals surface area contributed by atoms with Gasteiger partial charge in [-0.3, -0.25) is 0 Å². The molecule has 0 spiro atoms. The van der Waals surface area contributed by atoms with E-state index in [1.54, 1.807) is 0 Å². The zero-order valence-electron chi connectivity index (χ0n) is 9.79. The number of aromatic nitrogens is 2. The highest BCUT2D eigenvalue weighted by atomic mass is 16.5. The minimum atomic E-state index is 0.473. The van der Waals surface area contributed by atoms with Crippen molar-refractivity contribution in [3.05, 3.63) is 18.3 Å². The van der Waals surface area contributed by atoms with Gasteiger partial charge in [-0.25, -0.2) is 0 Å². The highest BCUT2D eigenvalue weighted by Gasteiger charge is 2.18. The number of nitrogens with zero attached hydrogens (tertiary/aromatic N) is 1. The summed E-state index contributed by atoms with van der Waals surface area (Å²) in [6.07, 6.45) is 3.06. The highest BCUT2D eigenvalue weighted by Crippen LogP contribution is 2.26. The molecule has 5 nitrogen and oxygen atoms in total. The molecular formula is C12H16N4O. The van der Waals surface area contributed by atoms with Crippen LogP contribution in [0.3, 0.4) is 0 Å². The lowest BCUT2D eigenvalue weighted by Gasteiger charge is -2.27. The number of ether oxygens (including phenoxy) is 1. The number of hydrogen-bond acceptors (Lipinski definition) is 4. The Balaban J connectivity index is 1.84. The first-order valence-electron chi connectivity index (χ1n) is 5.89. The van der Waals surface area contributed by atoms with Gasteiger partial charge in [-0.15, -0.1) is 0 Å². The first-order chi connectivity index (χ1) is 8.36. The van der Waals surface area contributed by atoms with E-state index in [2.05, 4.69) is 20.6 Å². The second kappa shape index (κ2) is 4.25. The fraction of sp³-hybridized carbons (Fsp3) is 0.417. The number of pyridine rings is 1. The molecule has 0 saturated carbocycles. The van der Waals surface area contributed by atoms with Gasteiger partial charge in [-0.2, -0.15) is 4.98 Å². The molecule has 2 aromatic heterocycles. The Morgan fingerprint density at radius 2 is 2.47 bits per heavy atom. The van der Waals surface area contributed by atoms with Gasteiger partial charge in [-0.05, 0) is 25.1 Å². The molecule has 3 heterocycles. The molecule has 1 unspecified atom stereocenters. The summed E-state index contributed by atoms with van der Waals surface area (Å²) in [4.78, 5) is 7.56. The lowest BCUT2D eigenvalue weighted by Crippen LogP contribution is -2.46. The largest absolute Gasteiger partial charge is 0.474 e. The van der Waals surface area contributed by atoms with Crippen LogP contribution in [0, 0.1) is 0 Å². The van der Waals surface area contributed by atoms with Gasteiger partial charge in [0.1, 0.15) is 12.3 Å². The molecule has 1 saturated heterocycles. The third-order valence-corrected chi connectivity index (χ3v) is 3.12. The lowest BCUT2D eigenvalue weighted by atomic mass is 10.1. The van der Waals surface area contributed by atoms with Gasteiger partial charge in [0, 0.05) is 24.7 Å². The van der Waals surface area contributed by atoms with Crippen LogP contribution < -0.4 is 15.4 Å². The Labute approximate surface area is 99.6 Å². The van der Waals surface area contributed by atoms with Gasteiger partial charge in [0.05, 0.1) is 5.69 Å². The first kappa shape index (κ1) is 10.4. The minimum Gasteiger partial charge on any atom is -0.474 e. The van der Waals surface area contributed by atoms with E-state index < -0.39 is 0 Å². The van der Waals surface area contributed by atoms with Crippen molar-refractivity contribution in [2.75, 3.05) is 25.5 Å². The first-order valence-corrected chi connectivity index (χ1v) is 5.89. The summed E-state index contributed by atoms with van der Waals surface area (Å²) in [5, 5.41) is 7.51. The Morgan fingerprint density at radius 1 is 1.59 bits per heavy atom. The predicted molar refractivity (Wildman–Crippen MR) is 67.5 cm³/mol. The maximum absolute atomic E-state index is 5.75. The summed E-state index contributed by atoms with van der Waals surface area (Å²) in [5.74, 6) is 0.663. The summed E-state index contributed by atoms with van der Waals surface area (Å²) in [6, 6.07) is 4.52. The van der Waals surface area contributed by atoms with Gasteiger partial charge in [-0.1, -0.05) is 0 Å². The maximum Gasteiger partial charge on any atom is 0.239 e. The van der Waals surface area contributed by atoms with Gasteiger partial charge in [0.15, 0.2) is 0 Å². The normalized spacial score (nSPS) is 19.0. The number of anilines is 1. The molecule has 0 radical (unpaired) electrons. The molecule has 1 atom stereocenters. The van der Waals surface area contributed by atoms with E-state index in [1.165, 1.54) is 6.42 Å². The second-order valence-corrected chi connectivity index (χ2v) is 4.26. The van der Waals surface area contributed by atoms with E-state index in [0.717, 1.165) is 23.3 Å². The number of hydrogen-bond donors (Lipinski definition) is 3. The molecule has 0 bridgehead atoms. The molecule has 5 heteroatoms. The fourth-order valence-corrected chi connectivity index (χ4v) is 1.92. The van der Waals surface area contributed by atoms with Crippen molar-refractivity contribution >= 4 is 16.7 Å². The van der Waals surface area contributed by atoms with Crippen LogP contribution in [-0.2, 0) is 0 Å². The zero-order chi connectivity index (χ0) is 11.7. The lowest BCUT2D eigenvalue weighted by molar-refractivity contribution is 0.213. The van der Waals surface area contributed by atoms with Crippen molar-refractivity contribution in [1.82, 2.24) is 15.3 Å². The van der Waals surface area contributed by atoms with Crippen LogP contribution in [-0.4, -0.2) is 36.2 Å². The van der Waals surface area contributed by atoms with Crippen LogP contribution in [0.25, 0.3) is 11.0 Å². The van der Waals surface area contributed by atoms with Crippen molar-refractivity contribution in [1.29, 1.82) is 0 Å². The molecule has 3 N–H and O–H groups in total. The standard InChI is InChI=1S/C12H16N4O/c1-13-10-6-8-2-4-15-11(8)16-12(10)17-7-9-3-5-14-9/h2,4,6,9,13-14H,3,5,7H2,1H3,(H,15,16). The number of aromatic amines is 1. The van der Waals surface area contributed by atoms with E-state index >= 15 is 0 Å². The van der Waals surface area contributed by atoms with Crippen molar-refractivity contribution in [3.63, 3.8) is 0 Å². The number of H-pyrrole nitrogens is 1. The van der Waals surface area contributed by atoms with Crippen molar-refractivity contribution in [3.8, 4) is 5.88 Å². The smallest absolute Gasteiger partial charge is 0.239 e. The zero-order valence-corrected chi connectivity index (χ0v) is 9.79. The summed E-state index contributed by atoms with van der Waals surface area (Å²) in [6.45, 7) is 1.77. The van der Waals surface area contributed by atoms with E-state index in [9.17, 15) is 0 Å². The summed E-state index contributed by atoms with van der Waals surface area (Å²) in [5.41, 5.74) is 1.79. The molecule has 90 valence electrons. The number of rotatable bonds is 4. The molecule has 1 fully saturated rings. The SMILES string of the molecule is CNc1cc2cc[nH]c2nc1OCC1CCN1.